The molecular weight excluding hydrogens is 224 g/mol. The second-order valence-corrected chi connectivity index (χ2v) is 4.92. The molecule has 2 N–H and O–H groups in total. The lowest BCUT2D eigenvalue weighted by Crippen LogP contribution is -2.01. The van der Waals surface area contributed by atoms with Crippen LogP contribution in [0.4, 0.5) is 0 Å². The largest absolute Gasteiger partial charge is 0.504 e. The van der Waals surface area contributed by atoms with Crippen molar-refractivity contribution in [2.45, 2.75) is 65.7 Å². The van der Waals surface area contributed by atoms with Gasteiger partial charge in [0.15, 0.2) is 11.5 Å². The quantitative estimate of drug-likeness (QED) is 0.558. The van der Waals surface area contributed by atoms with Crippen LogP contribution in [0, 0.1) is 0 Å². The maximum absolute atomic E-state index is 10.0. The van der Waals surface area contributed by atoms with Gasteiger partial charge in [0.25, 0.3) is 0 Å². The third-order valence-electron chi connectivity index (χ3n) is 3.50. The molecule has 0 amide bonds. The highest BCUT2D eigenvalue weighted by Gasteiger charge is 2.15. The second-order valence-electron chi connectivity index (χ2n) is 4.92. The van der Waals surface area contributed by atoms with E-state index in [2.05, 4.69) is 20.8 Å². The molecule has 0 heterocycles. The average Bonchev–Trinajstić information content (AvgIpc) is 2.37. The van der Waals surface area contributed by atoms with Gasteiger partial charge in [-0.1, -0.05) is 40.0 Å². The number of rotatable bonds is 7. The summed E-state index contributed by atoms with van der Waals surface area (Å²) in [6.07, 6.45) is 7.33. The predicted octanol–water partition coefficient (Wildman–Crippen LogP) is 4.35. The van der Waals surface area contributed by atoms with Crippen LogP contribution in [0.15, 0.2) is 6.07 Å². The van der Waals surface area contributed by atoms with Crippen LogP contribution < -0.4 is 0 Å². The molecule has 0 saturated heterocycles. The maximum atomic E-state index is 10.0. The van der Waals surface area contributed by atoms with Crippen LogP contribution in [0.25, 0.3) is 0 Å². The normalized spacial score (nSPS) is 10.8. The monoisotopic (exact) mass is 250 g/mol. The van der Waals surface area contributed by atoms with Crippen molar-refractivity contribution in [3.8, 4) is 11.5 Å². The minimum Gasteiger partial charge on any atom is -0.504 e. The Labute approximate surface area is 111 Å². The van der Waals surface area contributed by atoms with Gasteiger partial charge in [-0.2, -0.15) is 0 Å². The highest BCUT2D eigenvalue weighted by Crippen LogP contribution is 2.36. The number of aryl methyl sites for hydroxylation is 1. The highest BCUT2D eigenvalue weighted by atomic mass is 16.3. The topological polar surface area (TPSA) is 40.5 Å². The number of phenolic OH excluding ortho intramolecular Hbond substituents is 2. The Bertz CT molecular complexity index is 383. The zero-order valence-corrected chi connectivity index (χ0v) is 11.9. The molecular formula is C16H26O2. The molecule has 0 fully saturated rings. The average molecular weight is 250 g/mol. The van der Waals surface area contributed by atoms with Gasteiger partial charge in [0.1, 0.15) is 0 Å². The number of benzene rings is 1. The van der Waals surface area contributed by atoms with Crippen molar-refractivity contribution in [2.24, 2.45) is 0 Å². The van der Waals surface area contributed by atoms with Crippen molar-refractivity contribution >= 4 is 0 Å². The van der Waals surface area contributed by atoms with Crippen LogP contribution in [-0.2, 0) is 19.3 Å². The minimum absolute atomic E-state index is 0.0366. The third-order valence-corrected chi connectivity index (χ3v) is 3.50. The summed E-state index contributed by atoms with van der Waals surface area (Å²) in [6.45, 7) is 6.40. The number of unbranched alkanes of at least 4 members (excludes halogenated alkanes) is 2. The molecule has 0 bridgehead atoms. The maximum Gasteiger partial charge on any atom is 0.160 e. The molecule has 0 aliphatic carbocycles. The van der Waals surface area contributed by atoms with Gasteiger partial charge in [0.05, 0.1) is 0 Å². The Balaban J connectivity index is 3.11. The van der Waals surface area contributed by atoms with Crippen molar-refractivity contribution in [3.05, 3.63) is 22.8 Å². The van der Waals surface area contributed by atoms with E-state index >= 15 is 0 Å². The molecule has 1 rings (SSSR count). The summed E-state index contributed by atoms with van der Waals surface area (Å²) < 4.78 is 0. The molecule has 2 heteroatoms. The summed E-state index contributed by atoms with van der Waals surface area (Å²) in [5.74, 6) is 0.134. The van der Waals surface area contributed by atoms with E-state index in [1.807, 2.05) is 0 Å². The van der Waals surface area contributed by atoms with Gasteiger partial charge in [-0.3, -0.25) is 0 Å². The first-order valence-corrected chi connectivity index (χ1v) is 7.21. The van der Waals surface area contributed by atoms with Gasteiger partial charge in [-0.15, -0.1) is 0 Å². The lowest BCUT2D eigenvalue weighted by Gasteiger charge is -2.16. The molecule has 0 spiro atoms. The zero-order chi connectivity index (χ0) is 13.5. The van der Waals surface area contributed by atoms with Crippen molar-refractivity contribution < 1.29 is 10.2 Å². The van der Waals surface area contributed by atoms with E-state index in [1.165, 1.54) is 24.0 Å². The van der Waals surface area contributed by atoms with E-state index in [9.17, 15) is 10.2 Å². The van der Waals surface area contributed by atoms with E-state index in [-0.39, 0.29) is 11.5 Å². The molecule has 0 aromatic heterocycles. The van der Waals surface area contributed by atoms with Crippen LogP contribution in [0.2, 0.25) is 0 Å². The van der Waals surface area contributed by atoms with Crippen molar-refractivity contribution in [1.29, 1.82) is 0 Å². The number of phenols is 2. The first-order valence-electron chi connectivity index (χ1n) is 7.21. The van der Waals surface area contributed by atoms with Crippen LogP contribution in [0.5, 0.6) is 11.5 Å². The van der Waals surface area contributed by atoms with E-state index < -0.39 is 0 Å². The first kappa shape index (κ1) is 14.9. The Kier molecular flexibility index (Phi) is 6.03. The Morgan fingerprint density at radius 2 is 1.61 bits per heavy atom. The molecule has 1 aromatic carbocycles. The third kappa shape index (κ3) is 3.41. The van der Waals surface area contributed by atoms with Gasteiger partial charge in [0.2, 0.25) is 0 Å². The second kappa shape index (κ2) is 7.30. The molecule has 0 radical (unpaired) electrons. The molecule has 18 heavy (non-hydrogen) atoms. The summed E-state index contributed by atoms with van der Waals surface area (Å²) >= 11 is 0. The first-order chi connectivity index (χ1) is 8.65. The lowest BCUT2D eigenvalue weighted by atomic mass is 9.91. The SMILES string of the molecule is CCCCCc1c(CC)cc(O)c(O)c1CCC. The summed E-state index contributed by atoms with van der Waals surface area (Å²) in [5.41, 5.74) is 3.42. The van der Waals surface area contributed by atoms with Crippen molar-refractivity contribution in [3.63, 3.8) is 0 Å². The zero-order valence-electron chi connectivity index (χ0n) is 11.9. The summed E-state index contributed by atoms with van der Waals surface area (Å²) in [4.78, 5) is 0. The summed E-state index contributed by atoms with van der Waals surface area (Å²) in [6, 6.07) is 1.73. The standard InChI is InChI=1S/C16H26O2/c1-4-7-8-10-13-12(6-3)11-15(17)16(18)14(13)9-5-2/h11,17-18H,4-10H2,1-3H3. The van der Waals surface area contributed by atoms with Crippen LogP contribution in [-0.4, -0.2) is 10.2 Å². The van der Waals surface area contributed by atoms with Gasteiger partial charge in [-0.05, 0) is 42.9 Å². The summed E-state index contributed by atoms with van der Waals surface area (Å²) in [7, 11) is 0. The molecule has 0 unspecified atom stereocenters. The molecule has 2 nitrogen and oxygen atoms in total. The van der Waals surface area contributed by atoms with Crippen molar-refractivity contribution in [2.75, 3.05) is 0 Å². The van der Waals surface area contributed by atoms with Gasteiger partial charge < -0.3 is 10.2 Å². The van der Waals surface area contributed by atoms with Gasteiger partial charge in [-0.25, -0.2) is 0 Å². The number of hydrogen-bond acceptors (Lipinski definition) is 2. The minimum atomic E-state index is 0.0366. The van der Waals surface area contributed by atoms with Crippen LogP contribution in [0.1, 0.15) is 63.1 Å². The lowest BCUT2D eigenvalue weighted by molar-refractivity contribution is 0.397. The van der Waals surface area contributed by atoms with Gasteiger partial charge in [0, 0.05) is 5.56 Å². The molecule has 0 atom stereocenters. The fourth-order valence-corrected chi connectivity index (χ4v) is 2.51. The fraction of sp³-hybridized carbons (Fsp3) is 0.625. The highest BCUT2D eigenvalue weighted by molar-refractivity contribution is 5.53. The van der Waals surface area contributed by atoms with Crippen LogP contribution >= 0.6 is 0 Å². The van der Waals surface area contributed by atoms with Crippen LogP contribution in [0.3, 0.4) is 0 Å². The Hall–Kier alpha value is -1.18. The Morgan fingerprint density at radius 3 is 2.17 bits per heavy atom. The van der Waals surface area contributed by atoms with E-state index in [4.69, 9.17) is 0 Å². The number of hydrogen-bond donors (Lipinski definition) is 2. The van der Waals surface area contributed by atoms with Gasteiger partial charge >= 0.3 is 0 Å². The predicted molar refractivity (Wildman–Crippen MR) is 76.4 cm³/mol. The molecule has 1 aromatic rings. The summed E-state index contributed by atoms with van der Waals surface area (Å²) in [5, 5.41) is 19.8. The van der Waals surface area contributed by atoms with E-state index in [0.717, 1.165) is 37.7 Å². The number of aromatic hydroxyl groups is 2. The molecule has 0 aliphatic rings. The smallest absolute Gasteiger partial charge is 0.160 e. The van der Waals surface area contributed by atoms with Crippen molar-refractivity contribution in [1.82, 2.24) is 0 Å². The van der Waals surface area contributed by atoms with E-state index in [1.54, 1.807) is 6.07 Å². The molecule has 0 saturated carbocycles. The Morgan fingerprint density at radius 1 is 0.889 bits per heavy atom. The molecule has 0 aliphatic heterocycles. The fourth-order valence-electron chi connectivity index (χ4n) is 2.51. The van der Waals surface area contributed by atoms with E-state index in [0.29, 0.717) is 0 Å². The molecule has 102 valence electrons.